The van der Waals surface area contributed by atoms with Crippen molar-refractivity contribution in [1.82, 2.24) is 20.4 Å². The van der Waals surface area contributed by atoms with Crippen LogP contribution in [0.25, 0.3) is 0 Å². The third-order valence-electron chi connectivity index (χ3n) is 6.02. The average Bonchev–Trinajstić information content (AvgIpc) is 2.84. The van der Waals surface area contributed by atoms with Crippen molar-refractivity contribution in [1.29, 1.82) is 0 Å². The number of halogens is 1. The van der Waals surface area contributed by atoms with E-state index >= 15 is 0 Å². The van der Waals surface area contributed by atoms with E-state index in [4.69, 9.17) is 4.74 Å². The Hall–Kier alpha value is -4.05. The molecule has 0 aromatic heterocycles. The summed E-state index contributed by atoms with van der Waals surface area (Å²) < 4.78 is 18.7. The summed E-state index contributed by atoms with van der Waals surface area (Å²) in [6, 6.07) is 13.5. The van der Waals surface area contributed by atoms with Gasteiger partial charge in [0.15, 0.2) is 0 Å². The van der Waals surface area contributed by atoms with Crippen LogP contribution in [0, 0.1) is 5.82 Å². The van der Waals surface area contributed by atoms with Gasteiger partial charge in [-0.15, -0.1) is 0 Å². The Labute approximate surface area is 207 Å². The van der Waals surface area contributed by atoms with E-state index in [1.807, 2.05) is 30.3 Å². The lowest BCUT2D eigenvalue weighted by atomic mass is 9.95. The Morgan fingerprint density at radius 1 is 1.03 bits per heavy atom. The number of nitrogens with zero attached hydrogens (tertiary/aromatic N) is 2. The third kappa shape index (κ3) is 5.77. The number of amides is 4. The van der Waals surface area contributed by atoms with E-state index in [9.17, 15) is 23.6 Å². The van der Waals surface area contributed by atoms with Crippen LogP contribution in [0.1, 0.15) is 24.1 Å². The standard InChI is InChI=1S/C26H27FN4O5/c1-2-36-25(34)23-20(28-26(35)29-24(23)18-8-10-19(27)11-9-18)14-30-15-21(32)31(22(33)16-30)13-12-17-6-4-3-5-7-17/h3-11,24H,2,12-16H2,1H3,(H2,28,29,35)/t24-/m0/s1. The number of esters is 1. The number of hydrogen-bond acceptors (Lipinski definition) is 6. The maximum Gasteiger partial charge on any atom is 0.338 e. The Morgan fingerprint density at radius 2 is 1.69 bits per heavy atom. The minimum Gasteiger partial charge on any atom is -0.463 e. The third-order valence-corrected chi connectivity index (χ3v) is 6.02. The molecule has 10 heteroatoms. The number of nitrogens with one attached hydrogen (secondary N) is 2. The van der Waals surface area contributed by atoms with Crippen LogP contribution in [0.2, 0.25) is 0 Å². The van der Waals surface area contributed by atoms with Crippen LogP contribution < -0.4 is 10.6 Å². The molecule has 1 atom stereocenters. The molecule has 2 aromatic rings. The van der Waals surface area contributed by atoms with E-state index in [1.165, 1.54) is 29.2 Å². The number of piperazine rings is 1. The second-order valence-electron chi connectivity index (χ2n) is 8.52. The van der Waals surface area contributed by atoms with E-state index in [1.54, 1.807) is 11.8 Å². The summed E-state index contributed by atoms with van der Waals surface area (Å²) in [5, 5.41) is 5.30. The van der Waals surface area contributed by atoms with Gasteiger partial charge in [0.05, 0.1) is 31.3 Å². The lowest BCUT2D eigenvalue weighted by Crippen LogP contribution is -2.56. The largest absolute Gasteiger partial charge is 0.463 e. The van der Waals surface area contributed by atoms with Crippen LogP contribution in [0.5, 0.6) is 0 Å². The SMILES string of the molecule is CCOC(=O)C1=C(CN2CC(=O)N(CCc3ccccc3)C(=O)C2)NC(=O)N[C@H]1c1ccc(F)cc1. The van der Waals surface area contributed by atoms with Crippen LogP contribution in [0.4, 0.5) is 9.18 Å². The van der Waals surface area contributed by atoms with Gasteiger partial charge in [-0.25, -0.2) is 14.0 Å². The molecule has 2 aromatic carbocycles. The highest BCUT2D eigenvalue weighted by atomic mass is 19.1. The van der Waals surface area contributed by atoms with Crippen molar-refractivity contribution in [2.45, 2.75) is 19.4 Å². The van der Waals surface area contributed by atoms with Gasteiger partial charge in [-0.3, -0.25) is 19.4 Å². The molecule has 188 valence electrons. The normalized spacial score (nSPS) is 18.7. The van der Waals surface area contributed by atoms with Gasteiger partial charge in [-0.1, -0.05) is 42.5 Å². The number of rotatable bonds is 8. The lowest BCUT2D eigenvalue weighted by molar-refractivity contribution is -0.151. The molecule has 0 radical (unpaired) electrons. The second kappa shape index (κ2) is 11.1. The average molecular weight is 495 g/mol. The Balaban J connectivity index is 1.53. The fourth-order valence-corrected chi connectivity index (χ4v) is 4.32. The summed E-state index contributed by atoms with van der Waals surface area (Å²) in [5.41, 5.74) is 1.87. The number of urea groups is 1. The maximum absolute atomic E-state index is 13.5. The zero-order chi connectivity index (χ0) is 25.7. The Kier molecular flexibility index (Phi) is 7.74. The quantitative estimate of drug-likeness (QED) is 0.429. The zero-order valence-electron chi connectivity index (χ0n) is 19.8. The topological polar surface area (TPSA) is 108 Å². The van der Waals surface area contributed by atoms with Crippen LogP contribution in [0.3, 0.4) is 0 Å². The number of carbonyl (C=O) groups excluding carboxylic acids is 4. The Bertz CT molecular complexity index is 1160. The summed E-state index contributed by atoms with van der Waals surface area (Å²) >= 11 is 0. The van der Waals surface area contributed by atoms with Crippen molar-refractivity contribution in [3.8, 4) is 0 Å². The fourth-order valence-electron chi connectivity index (χ4n) is 4.32. The first-order valence-corrected chi connectivity index (χ1v) is 11.7. The summed E-state index contributed by atoms with van der Waals surface area (Å²) in [5.74, 6) is -1.82. The number of benzene rings is 2. The maximum atomic E-state index is 13.5. The van der Waals surface area contributed by atoms with Gasteiger partial charge in [0.1, 0.15) is 5.82 Å². The van der Waals surface area contributed by atoms with Crippen molar-refractivity contribution in [3.63, 3.8) is 0 Å². The molecule has 0 spiro atoms. The second-order valence-corrected chi connectivity index (χ2v) is 8.52. The molecule has 2 heterocycles. The monoisotopic (exact) mass is 494 g/mol. The number of hydrogen-bond donors (Lipinski definition) is 2. The van der Waals surface area contributed by atoms with Gasteiger partial charge in [-0.2, -0.15) is 0 Å². The van der Waals surface area contributed by atoms with E-state index in [0.29, 0.717) is 12.0 Å². The first-order chi connectivity index (χ1) is 17.4. The highest BCUT2D eigenvalue weighted by Gasteiger charge is 2.37. The molecule has 4 rings (SSSR count). The minimum atomic E-state index is -0.882. The highest BCUT2D eigenvalue weighted by molar-refractivity contribution is 5.99. The van der Waals surface area contributed by atoms with E-state index in [2.05, 4.69) is 10.6 Å². The number of imide groups is 1. The van der Waals surface area contributed by atoms with Gasteiger partial charge < -0.3 is 15.4 Å². The van der Waals surface area contributed by atoms with Gasteiger partial charge in [0.2, 0.25) is 11.8 Å². The smallest absolute Gasteiger partial charge is 0.338 e. The lowest BCUT2D eigenvalue weighted by Gasteiger charge is -2.35. The fraction of sp³-hybridized carbons (Fsp3) is 0.308. The summed E-state index contributed by atoms with van der Waals surface area (Å²) in [6.45, 7) is 1.92. The van der Waals surface area contributed by atoms with E-state index in [0.717, 1.165) is 5.56 Å². The predicted molar refractivity (Wildman–Crippen MR) is 128 cm³/mol. The van der Waals surface area contributed by atoms with Crippen molar-refractivity contribution >= 4 is 23.8 Å². The van der Waals surface area contributed by atoms with Crippen LogP contribution >= 0.6 is 0 Å². The molecule has 1 fully saturated rings. The molecular formula is C26H27FN4O5. The summed E-state index contributed by atoms with van der Waals surface area (Å²) in [4.78, 5) is 53.8. The molecule has 2 aliphatic rings. The van der Waals surface area contributed by atoms with Gasteiger partial charge in [0.25, 0.3) is 0 Å². The van der Waals surface area contributed by atoms with E-state index in [-0.39, 0.29) is 55.9 Å². The first kappa shape index (κ1) is 25.1. The molecular weight excluding hydrogens is 467 g/mol. The number of ether oxygens (including phenoxy) is 1. The molecule has 2 N–H and O–H groups in total. The molecule has 1 saturated heterocycles. The summed E-state index contributed by atoms with van der Waals surface area (Å²) in [7, 11) is 0. The van der Waals surface area contributed by atoms with Gasteiger partial charge in [-0.05, 0) is 36.6 Å². The van der Waals surface area contributed by atoms with Crippen molar-refractivity contribution < 1.29 is 28.3 Å². The first-order valence-electron chi connectivity index (χ1n) is 11.7. The minimum absolute atomic E-state index is 0.0245. The van der Waals surface area contributed by atoms with Crippen LogP contribution in [-0.2, 0) is 25.5 Å². The van der Waals surface area contributed by atoms with Crippen LogP contribution in [0.15, 0.2) is 65.9 Å². The molecule has 0 aliphatic carbocycles. The van der Waals surface area contributed by atoms with Crippen LogP contribution in [-0.4, -0.2) is 66.4 Å². The molecule has 36 heavy (non-hydrogen) atoms. The Morgan fingerprint density at radius 3 is 2.33 bits per heavy atom. The van der Waals surface area contributed by atoms with Crippen molar-refractivity contribution in [2.75, 3.05) is 32.8 Å². The highest BCUT2D eigenvalue weighted by Crippen LogP contribution is 2.28. The predicted octanol–water partition coefficient (Wildman–Crippen LogP) is 1.91. The zero-order valence-corrected chi connectivity index (χ0v) is 19.8. The van der Waals surface area contributed by atoms with E-state index < -0.39 is 23.9 Å². The summed E-state index contributed by atoms with van der Waals surface area (Å²) in [6.07, 6.45) is 0.553. The molecule has 0 unspecified atom stereocenters. The molecule has 2 aliphatic heterocycles. The van der Waals surface area contributed by atoms with Crippen molar-refractivity contribution in [3.05, 3.63) is 82.8 Å². The number of carbonyl (C=O) groups is 4. The molecule has 9 nitrogen and oxygen atoms in total. The molecule has 0 saturated carbocycles. The van der Waals surface area contributed by atoms with Gasteiger partial charge >= 0.3 is 12.0 Å². The van der Waals surface area contributed by atoms with Crippen molar-refractivity contribution in [2.24, 2.45) is 0 Å². The molecule has 0 bridgehead atoms. The van der Waals surface area contributed by atoms with Gasteiger partial charge in [0, 0.05) is 18.8 Å². The molecule has 4 amide bonds.